The third-order valence-corrected chi connectivity index (χ3v) is 2.51. The van der Waals surface area contributed by atoms with Crippen LogP contribution in [0.3, 0.4) is 0 Å². The van der Waals surface area contributed by atoms with Gasteiger partial charge in [0.15, 0.2) is 0 Å². The van der Waals surface area contributed by atoms with Crippen molar-refractivity contribution >= 4 is 0 Å². The maximum atomic E-state index is 5.71. The van der Waals surface area contributed by atoms with E-state index in [4.69, 9.17) is 4.74 Å². The summed E-state index contributed by atoms with van der Waals surface area (Å²) in [6.07, 6.45) is 4.89. The highest BCUT2D eigenvalue weighted by atomic mass is 16.5. The van der Waals surface area contributed by atoms with E-state index in [2.05, 4.69) is 23.3 Å². The van der Waals surface area contributed by atoms with Crippen molar-refractivity contribution in [3.8, 4) is 0 Å². The van der Waals surface area contributed by atoms with Crippen LogP contribution in [0.5, 0.6) is 0 Å². The molecule has 3 nitrogen and oxygen atoms in total. The summed E-state index contributed by atoms with van der Waals surface area (Å²) in [5.74, 6) is 0. The first kappa shape index (κ1) is 12.1. The Balaban J connectivity index is 2.77. The first-order chi connectivity index (χ1) is 7.33. The zero-order chi connectivity index (χ0) is 11.1. The van der Waals surface area contributed by atoms with Gasteiger partial charge in [-0.2, -0.15) is 0 Å². The SMILES string of the molecule is CCOC(CC)C(NC)c1cccnc1. The molecule has 84 valence electrons. The molecule has 15 heavy (non-hydrogen) atoms. The molecule has 1 heterocycles. The standard InChI is InChI=1S/C12H20N2O/c1-4-11(15-5-2)12(13-3)10-7-6-8-14-9-10/h6-9,11-13H,4-5H2,1-3H3. The van der Waals surface area contributed by atoms with Crippen molar-refractivity contribution in [3.05, 3.63) is 30.1 Å². The fourth-order valence-corrected chi connectivity index (χ4v) is 1.79. The molecule has 0 aliphatic rings. The van der Waals surface area contributed by atoms with E-state index in [0.717, 1.165) is 13.0 Å². The van der Waals surface area contributed by atoms with Crippen LogP contribution in [0.15, 0.2) is 24.5 Å². The lowest BCUT2D eigenvalue weighted by atomic mass is 10.0. The van der Waals surface area contributed by atoms with Crippen molar-refractivity contribution < 1.29 is 4.74 Å². The maximum Gasteiger partial charge on any atom is 0.0767 e. The van der Waals surface area contributed by atoms with Gasteiger partial charge in [0.2, 0.25) is 0 Å². The quantitative estimate of drug-likeness (QED) is 0.778. The number of hydrogen-bond acceptors (Lipinski definition) is 3. The number of likely N-dealkylation sites (N-methyl/N-ethyl adjacent to an activating group) is 1. The van der Waals surface area contributed by atoms with Gasteiger partial charge in [-0.25, -0.2) is 0 Å². The van der Waals surface area contributed by atoms with Crippen molar-refractivity contribution in [2.45, 2.75) is 32.4 Å². The van der Waals surface area contributed by atoms with Gasteiger partial charge in [-0.05, 0) is 32.0 Å². The number of ether oxygens (including phenoxy) is 1. The first-order valence-corrected chi connectivity index (χ1v) is 5.52. The molecule has 0 radical (unpaired) electrons. The molecule has 0 bridgehead atoms. The molecule has 0 saturated heterocycles. The van der Waals surface area contributed by atoms with E-state index in [1.807, 2.05) is 26.2 Å². The molecule has 0 aliphatic heterocycles. The van der Waals surface area contributed by atoms with Crippen molar-refractivity contribution in [1.82, 2.24) is 10.3 Å². The second-order valence-electron chi connectivity index (χ2n) is 3.45. The summed E-state index contributed by atoms with van der Waals surface area (Å²) in [6.45, 7) is 4.91. The van der Waals surface area contributed by atoms with Gasteiger partial charge in [0.1, 0.15) is 0 Å². The predicted octanol–water partition coefficient (Wildman–Crippen LogP) is 2.16. The maximum absolute atomic E-state index is 5.71. The van der Waals surface area contributed by atoms with Crippen LogP contribution in [0, 0.1) is 0 Å². The zero-order valence-electron chi connectivity index (χ0n) is 9.73. The van der Waals surface area contributed by atoms with Crippen LogP contribution in [0.25, 0.3) is 0 Å². The number of aromatic nitrogens is 1. The van der Waals surface area contributed by atoms with Gasteiger partial charge in [0.25, 0.3) is 0 Å². The van der Waals surface area contributed by atoms with Crippen LogP contribution in [-0.4, -0.2) is 24.7 Å². The predicted molar refractivity (Wildman–Crippen MR) is 61.7 cm³/mol. The average molecular weight is 208 g/mol. The minimum atomic E-state index is 0.212. The molecule has 0 aromatic carbocycles. The highest BCUT2D eigenvalue weighted by molar-refractivity contribution is 5.15. The van der Waals surface area contributed by atoms with Crippen LogP contribution >= 0.6 is 0 Å². The molecule has 1 aromatic heterocycles. The molecule has 1 N–H and O–H groups in total. The van der Waals surface area contributed by atoms with E-state index in [0.29, 0.717) is 0 Å². The molecule has 0 aliphatic carbocycles. The molecular formula is C12H20N2O. The van der Waals surface area contributed by atoms with Crippen molar-refractivity contribution in [3.63, 3.8) is 0 Å². The summed E-state index contributed by atoms with van der Waals surface area (Å²) in [6, 6.07) is 4.26. The fourth-order valence-electron chi connectivity index (χ4n) is 1.79. The average Bonchev–Trinajstić information content (AvgIpc) is 2.30. The molecule has 3 heteroatoms. The van der Waals surface area contributed by atoms with Gasteiger partial charge in [-0.3, -0.25) is 4.98 Å². The Hall–Kier alpha value is -0.930. The van der Waals surface area contributed by atoms with Gasteiger partial charge in [-0.15, -0.1) is 0 Å². The Morgan fingerprint density at radius 2 is 2.27 bits per heavy atom. The second-order valence-corrected chi connectivity index (χ2v) is 3.45. The molecule has 1 rings (SSSR count). The van der Waals surface area contributed by atoms with Gasteiger partial charge in [0, 0.05) is 19.0 Å². The Morgan fingerprint density at radius 1 is 1.47 bits per heavy atom. The van der Waals surface area contributed by atoms with Crippen molar-refractivity contribution in [2.24, 2.45) is 0 Å². The van der Waals surface area contributed by atoms with E-state index in [9.17, 15) is 0 Å². The van der Waals surface area contributed by atoms with E-state index in [-0.39, 0.29) is 12.1 Å². The van der Waals surface area contributed by atoms with Gasteiger partial charge >= 0.3 is 0 Å². The van der Waals surface area contributed by atoms with Gasteiger partial charge in [0.05, 0.1) is 12.1 Å². The Morgan fingerprint density at radius 3 is 2.73 bits per heavy atom. The second kappa shape index (κ2) is 6.53. The minimum absolute atomic E-state index is 0.212. The monoisotopic (exact) mass is 208 g/mol. The third kappa shape index (κ3) is 3.29. The van der Waals surface area contributed by atoms with Crippen LogP contribution in [0.2, 0.25) is 0 Å². The topological polar surface area (TPSA) is 34.1 Å². The third-order valence-electron chi connectivity index (χ3n) is 2.51. The lowest BCUT2D eigenvalue weighted by Crippen LogP contribution is -2.31. The molecule has 0 spiro atoms. The minimum Gasteiger partial charge on any atom is -0.377 e. The van der Waals surface area contributed by atoms with Crippen molar-refractivity contribution in [2.75, 3.05) is 13.7 Å². The Bertz CT molecular complexity index is 264. The highest BCUT2D eigenvalue weighted by Crippen LogP contribution is 2.20. The van der Waals surface area contributed by atoms with Gasteiger partial charge < -0.3 is 10.1 Å². The zero-order valence-corrected chi connectivity index (χ0v) is 9.73. The summed E-state index contributed by atoms with van der Waals surface area (Å²) in [5, 5.41) is 3.29. The lowest BCUT2D eigenvalue weighted by Gasteiger charge is -2.25. The molecule has 1 aromatic rings. The summed E-state index contributed by atoms with van der Waals surface area (Å²) >= 11 is 0. The molecule has 2 atom stereocenters. The molecule has 2 unspecified atom stereocenters. The molecule has 0 fully saturated rings. The summed E-state index contributed by atoms with van der Waals surface area (Å²) in [4.78, 5) is 4.13. The van der Waals surface area contributed by atoms with Gasteiger partial charge in [-0.1, -0.05) is 13.0 Å². The van der Waals surface area contributed by atoms with Crippen LogP contribution in [0.4, 0.5) is 0 Å². The lowest BCUT2D eigenvalue weighted by molar-refractivity contribution is 0.0333. The summed E-state index contributed by atoms with van der Waals surface area (Å²) in [5.41, 5.74) is 1.18. The first-order valence-electron chi connectivity index (χ1n) is 5.52. The smallest absolute Gasteiger partial charge is 0.0767 e. The summed E-state index contributed by atoms with van der Waals surface area (Å²) < 4.78 is 5.71. The normalized spacial score (nSPS) is 14.9. The number of nitrogens with one attached hydrogen (secondary N) is 1. The van der Waals surface area contributed by atoms with E-state index in [1.165, 1.54) is 5.56 Å². The van der Waals surface area contributed by atoms with Crippen LogP contribution < -0.4 is 5.32 Å². The van der Waals surface area contributed by atoms with Crippen molar-refractivity contribution in [1.29, 1.82) is 0 Å². The van der Waals surface area contributed by atoms with Crippen LogP contribution in [0.1, 0.15) is 31.9 Å². The highest BCUT2D eigenvalue weighted by Gasteiger charge is 2.20. The molecule has 0 saturated carbocycles. The van der Waals surface area contributed by atoms with E-state index < -0.39 is 0 Å². The molecular weight excluding hydrogens is 188 g/mol. The largest absolute Gasteiger partial charge is 0.377 e. The molecule has 0 amide bonds. The van der Waals surface area contributed by atoms with E-state index in [1.54, 1.807) is 6.20 Å². The number of pyridine rings is 1. The van der Waals surface area contributed by atoms with Crippen LogP contribution in [-0.2, 0) is 4.74 Å². The fraction of sp³-hybridized carbons (Fsp3) is 0.583. The number of rotatable bonds is 6. The Labute approximate surface area is 91.9 Å². The summed E-state index contributed by atoms with van der Waals surface area (Å²) in [7, 11) is 1.96. The van der Waals surface area contributed by atoms with E-state index >= 15 is 0 Å². The number of nitrogens with zero attached hydrogens (tertiary/aromatic N) is 1. The Kier molecular flexibility index (Phi) is 5.29. The number of hydrogen-bond donors (Lipinski definition) is 1.